The maximum atomic E-state index is 12.3. The maximum absolute atomic E-state index is 12.3. The molecule has 0 fully saturated rings. The molecule has 0 aliphatic rings. The van der Waals surface area contributed by atoms with Crippen molar-refractivity contribution in [3.05, 3.63) is 95.6 Å². The van der Waals surface area contributed by atoms with Gasteiger partial charge in [-0.15, -0.1) is 11.6 Å². The van der Waals surface area contributed by atoms with Crippen LogP contribution in [0.4, 0.5) is 0 Å². The summed E-state index contributed by atoms with van der Waals surface area (Å²) in [6, 6.07) is 24.7. The predicted octanol–water partition coefficient (Wildman–Crippen LogP) is 6.97. The second kappa shape index (κ2) is 11.7. The van der Waals surface area contributed by atoms with Crippen LogP contribution in [0.2, 0.25) is 0 Å². The third kappa shape index (κ3) is 6.69. The van der Waals surface area contributed by atoms with Crippen LogP contribution in [0.5, 0.6) is 0 Å². The Labute approximate surface area is 200 Å². The number of hydrogen-bond donors (Lipinski definition) is 0. The molecule has 0 N–H and O–H groups in total. The van der Waals surface area contributed by atoms with Crippen molar-refractivity contribution in [2.75, 3.05) is 0 Å². The Morgan fingerprint density at radius 2 is 1.42 bits per heavy atom. The van der Waals surface area contributed by atoms with Gasteiger partial charge in [-0.2, -0.15) is 0 Å². The van der Waals surface area contributed by atoms with Crippen LogP contribution in [0.1, 0.15) is 54.8 Å². The number of ether oxygens (including phenoxy) is 2. The third-order valence-corrected chi connectivity index (χ3v) is 6.32. The molecule has 0 amide bonds. The quantitative estimate of drug-likeness (QED) is 0.253. The lowest BCUT2D eigenvalue weighted by molar-refractivity contribution is -0.149. The molecule has 3 aromatic carbocycles. The summed E-state index contributed by atoms with van der Waals surface area (Å²) >= 11 is 6.20. The molecule has 0 bridgehead atoms. The molecule has 0 spiro atoms. The van der Waals surface area contributed by atoms with E-state index in [1.165, 1.54) is 0 Å². The summed E-state index contributed by atoms with van der Waals surface area (Å²) < 4.78 is 10.9. The zero-order valence-electron chi connectivity index (χ0n) is 19.2. The van der Waals surface area contributed by atoms with Gasteiger partial charge in [-0.05, 0) is 47.2 Å². The van der Waals surface area contributed by atoms with Crippen molar-refractivity contribution in [3.63, 3.8) is 0 Å². The number of halogens is 1. The molecule has 1 unspecified atom stereocenters. The summed E-state index contributed by atoms with van der Waals surface area (Å²) in [6.45, 7) is 6.01. The zero-order chi connectivity index (χ0) is 23.8. The van der Waals surface area contributed by atoms with Gasteiger partial charge in [0.05, 0.1) is 5.56 Å². The molecule has 3 rings (SSSR count). The van der Waals surface area contributed by atoms with Crippen LogP contribution in [-0.4, -0.2) is 17.3 Å². The maximum Gasteiger partial charge on any atom is 0.338 e. The average Bonchev–Trinajstić information content (AvgIpc) is 2.87. The first-order valence-electron chi connectivity index (χ1n) is 11.1. The van der Waals surface area contributed by atoms with E-state index < -0.39 is 17.5 Å². The van der Waals surface area contributed by atoms with E-state index >= 15 is 0 Å². The summed E-state index contributed by atoms with van der Waals surface area (Å²) in [5.74, 6) is -0.684. The number of carbonyl (C=O) groups is 2. The summed E-state index contributed by atoms with van der Waals surface area (Å²) in [5, 5.41) is -0.644. The fraction of sp³-hybridized carbons (Fsp3) is 0.286. The summed E-state index contributed by atoms with van der Waals surface area (Å²) in [6.07, 6.45) is 0.425. The highest BCUT2D eigenvalue weighted by Crippen LogP contribution is 2.26. The van der Waals surface area contributed by atoms with Gasteiger partial charge < -0.3 is 9.47 Å². The SMILES string of the molecule is CC[C@H](C)[C@H](Cl)C(=O)OC(C)c1ccc(-c2ccc(C(=O)OCc3ccccc3)cc2)cc1. The molecule has 0 heterocycles. The first-order chi connectivity index (χ1) is 15.9. The Kier molecular flexibility index (Phi) is 8.67. The highest BCUT2D eigenvalue weighted by atomic mass is 35.5. The van der Waals surface area contributed by atoms with Gasteiger partial charge in [0.15, 0.2) is 0 Å². The van der Waals surface area contributed by atoms with Crippen LogP contribution < -0.4 is 0 Å². The highest BCUT2D eigenvalue weighted by Gasteiger charge is 2.24. The van der Waals surface area contributed by atoms with Gasteiger partial charge >= 0.3 is 11.9 Å². The molecule has 3 atom stereocenters. The first-order valence-corrected chi connectivity index (χ1v) is 11.6. The van der Waals surface area contributed by atoms with Crippen molar-refractivity contribution < 1.29 is 19.1 Å². The molecule has 33 heavy (non-hydrogen) atoms. The van der Waals surface area contributed by atoms with Crippen molar-refractivity contribution in [1.82, 2.24) is 0 Å². The summed E-state index contributed by atoms with van der Waals surface area (Å²) in [5.41, 5.74) is 4.31. The number of esters is 2. The molecule has 0 aliphatic heterocycles. The van der Waals surface area contributed by atoms with E-state index in [0.717, 1.165) is 28.7 Å². The topological polar surface area (TPSA) is 52.6 Å². The number of hydrogen-bond acceptors (Lipinski definition) is 4. The normalized spacial score (nSPS) is 13.6. The Morgan fingerprint density at radius 1 is 0.848 bits per heavy atom. The zero-order valence-corrected chi connectivity index (χ0v) is 19.9. The largest absolute Gasteiger partial charge is 0.457 e. The lowest BCUT2D eigenvalue weighted by Crippen LogP contribution is -2.25. The van der Waals surface area contributed by atoms with Gasteiger partial charge in [0.25, 0.3) is 0 Å². The van der Waals surface area contributed by atoms with E-state index in [2.05, 4.69) is 0 Å². The van der Waals surface area contributed by atoms with Crippen LogP contribution in [0, 0.1) is 5.92 Å². The van der Waals surface area contributed by atoms with Gasteiger partial charge in [-0.3, -0.25) is 4.79 Å². The Morgan fingerprint density at radius 3 is 2.00 bits per heavy atom. The first kappa shape index (κ1) is 24.5. The minimum Gasteiger partial charge on any atom is -0.457 e. The van der Waals surface area contributed by atoms with Crippen LogP contribution >= 0.6 is 11.6 Å². The highest BCUT2D eigenvalue weighted by molar-refractivity contribution is 6.30. The van der Waals surface area contributed by atoms with Gasteiger partial charge in [0.2, 0.25) is 0 Å². The second-order valence-corrected chi connectivity index (χ2v) is 8.60. The van der Waals surface area contributed by atoms with E-state index in [-0.39, 0.29) is 18.5 Å². The van der Waals surface area contributed by atoms with Crippen LogP contribution in [-0.2, 0) is 20.9 Å². The van der Waals surface area contributed by atoms with Gasteiger partial charge in [-0.25, -0.2) is 4.79 Å². The number of rotatable bonds is 9. The molecular weight excluding hydrogens is 436 g/mol. The molecule has 4 nitrogen and oxygen atoms in total. The van der Waals surface area contributed by atoms with E-state index in [1.807, 2.05) is 87.5 Å². The molecule has 0 aromatic heterocycles. The molecule has 5 heteroatoms. The van der Waals surface area contributed by atoms with Crippen molar-refractivity contribution in [1.29, 1.82) is 0 Å². The Balaban J connectivity index is 1.59. The Bertz CT molecular complexity index is 1050. The van der Waals surface area contributed by atoms with Gasteiger partial charge in [0, 0.05) is 0 Å². The molecule has 0 saturated carbocycles. The third-order valence-electron chi connectivity index (χ3n) is 5.71. The fourth-order valence-electron chi connectivity index (χ4n) is 3.30. The molecule has 0 radical (unpaired) electrons. The lowest BCUT2D eigenvalue weighted by Gasteiger charge is -2.19. The minimum absolute atomic E-state index is 0.0623. The average molecular weight is 465 g/mol. The number of benzene rings is 3. The summed E-state index contributed by atoms with van der Waals surface area (Å²) in [7, 11) is 0. The number of alkyl halides is 1. The standard InChI is InChI=1S/C28H29ClO4/c1-4-19(2)26(29)28(31)33-20(3)22-10-12-23(13-11-22)24-14-16-25(17-15-24)27(30)32-18-21-8-6-5-7-9-21/h5-17,19-20,26H,4,18H2,1-3H3/t19-,20?,26-/m0/s1. The van der Waals surface area contributed by atoms with Crippen molar-refractivity contribution >= 4 is 23.5 Å². The van der Waals surface area contributed by atoms with E-state index in [1.54, 1.807) is 12.1 Å². The smallest absolute Gasteiger partial charge is 0.338 e. The molecule has 0 aliphatic carbocycles. The minimum atomic E-state index is -0.644. The fourth-order valence-corrected chi connectivity index (χ4v) is 3.53. The van der Waals surface area contributed by atoms with Crippen LogP contribution in [0.15, 0.2) is 78.9 Å². The lowest BCUT2D eigenvalue weighted by atomic mass is 10.0. The van der Waals surface area contributed by atoms with E-state index in [9.17, 15) is 9.59 Å². The van der Waals surface area contributed by atoms with Crippen LogP contribution in [0.25, 0.3) is 11.1 Å². The van der Waals surface area contributed by atoms with E-state index in [4.69, 9.17) is 21.1 Å². The molecule has 0 saturated heterocycles. The Hall–Kier alpha value is -3.11. The van der Waals surface area contributed by atoms with Crippen molar-refractivity contribution in [2.45, 2.75) is 45.3 Å². The summed E-state index contributed by atoms with van der Waals surface area (Å²) in [4.78, 5) is 24.5. The number of carbonyl (C=O) groups excluding carboxylic acids is 2. The predicted molar refractivity (Wildman–Crippen MR) is 131 cm³/mol. The molecule has 3 aromatic rings. The van der Waals surface area contributed by atoms with Gasteiger partial charge in [0.1, 0.15) is 18.1 Å². The molecule has 172 valence electrons. The van der Waals surface area contributed by atoms with E-state index in [0.29, 0.717) is 5.56 Å². The van der Waals surface area contributed by atoms with Gasteiger partial charge in [-0.1, -0.05) is 87.0 Å². The second-order valence-electron chi connectivity index (χ2n) is 8.13. The van der Waals surface area contributed by atoms with Crippen LogP contribution in [0.3, 0.4) is 0 Å². The molecular formula is C28H29ClO4. The van der Waals surface area contributed by atoms with Crippen molar-refractivity contribution in [2.24, 2.45) is 5.92 Å². The monoisotopic (exact) mass is 464 g/mol. The van der Waals surface area contributed by atoms with Crippen molar-refractivity contribution in [3.8, 4) is 11.1 Å².